The second-order valence-electron chi connectivity index (χ2n) is 5.53. The largest absolute Gasteiger partial charge is 0.443 e. The molecule has 3 rings (SSSR count). The molecule has 1 aromatic heterocycles. The molecule has 1 amide bonds. The quantitative estimate of drug-likeness (QED) is 0.420. The first-order valence-corrected chi connectivity index (χ1v) is 10.5. The number of thiazole rings is 1. The van der Waals surface area contributed by atoms with Crippen molar-refractivity contribution in [3.8, 4) is 11.3 Å². The summed E-state index contributed by atoms with van der Waals surface area (Å²) in [6.45, 7) is 0. The predicted molar refractivity (Wildman–Crippen MR) is 109 cm³/mol. The number of halogens is 5. The van der Waals surface area contributed by atoms with Gasteiger partial charge in [0.15, 0.2) is 5.01 Å². The lowest BCUT2D eigenvalue weighted by molar-refractivity contribution is -0.137. The molecule has 0 spiro atoms. The van der Waals surface area contributed by atoms with E-state index in [2.05, 4.69) is 10.3 Å². The van der Waals surface area contributed by atoms with Crippen LogP contribution in [0.3, 0.4) is 0 Å². The number of amides is 1. The van der Waals surface area contributed by atoms with E-state index in [1.807, 2.05) is 6.26 Å². The normalized spacial score (nSPS) is 11.5. The number of rotatable bonds is 4. The lowest BCUT2D eigenvalue weighted by Crippen LogP contribution is -2.12. The molecule has 0 atom stereocenters. The zero-order chi connectivity index (χ0) is 20.5. The number of alkyl halides is 3. The summed E-state index contributed by atoms with van der Waals surface area (Å²) in [7, 11) is 0. The van der Waals surface area contributed by atoms with Crippen molar-refractivity contribution in [1.82, 2.24) is 4.98 Å². The van der Waals surface area contributed by atoms with Crippen LogP contribution in [0.15, 0.2) is 46.7 Å². The molecule has 2 aromatic carbocycles. The van der Waals surface area contributed by atoms with Crippen LogP contribution in [0.1, 0.15) is 15.4 Å². The average molecular weight is 463 g/mol. The number of anilines is 1. The highest BCUT2D eigenvalue weighted by Gasteiger charge is 2.34. The van der Waals surface area contributed by atoms with E-state index in [-0.39, 0.29) is 10.7 Å². The van der Waals surface area contributed by atoms with Crippen LogP contribution in [-0.2, 0) is 6.18 Å². The molecule has 1 N–H and O–H groups in total. The lowest BCUT2D eigenvalue weighted by atomic mass is 10.1. The van der Waals surface area contributed by atoms with Gasteiger partial charge in [0.05, 0.1) is 21.3 Å². The summed E-state index contributed by atoms with van der Waals surface area (Å²) in [5, 5.41) is 3.50. The smallest absolute Gasteiger partial charge is 0.322 e. The minimum absolute atomic E-state index is 0.121. The van der Waals surface area contributed by atoms with E-state index < -0.39 is 17.1 Å². The maximum absolute atomic E-state index is 12.7. The van der Waals surface area contributed by atoms with Gasteiger partial charge in [0.2, 0.25) is 0 Å². The highest BCUT2D eigenvalue weighted by molar-refractivity contribution is 7.98. The van der Waals surface area contributed by atoms with Crippen LogP contribution in [0, 0.1) is 0 Å². The summed E-state index contributed by atoms with van der Waals surface area (Å²) in [6, 6.07) is 9.58. The molecule has 0 saturated heterocycles. The molecule has 0 aliphatic heterocycles. The SMILES string of the molecule is CSc1ccc(C(=O)Nc2ccc(-c3csc(C(F)(F)F)n3)c(Cl)c2)c(Cl)c1. The number of hydrogen-bond acceptors (Lipinski definition) is 4. The third-order valence-corrected chi connectivity index (χ3v) is 5.91. The Bertz CT molecular complexity index is 1040. The van der Waals surface area contributed by atoms with Crippen LogP contribution in [0.2, 0.25) is 10.0 Å². The first-order chi connectivity index (χ1) is 13.2. The summed E-state index contributed by atoms with van der Waals surface area (Å²) >= 11 is 14.3. The molecule has 146 valence electrons. The van der Waals surface area contributed by atoms with Crippen LogP contribution in [-0.4, -0.2) is 17.1 Å². The molecule has 0 unspecified atom stereocenters. The Balaban J connectivity index is 1.81. The third kappa shape index (κ3) is 4.63. The second kappa shape index (κ2) is 8.32. The summed E-state index contributed by atoms with van der Waals surface area (Å²) < 4.78 is 38.2. The van der Waals surface area contributed by atoms with E-state index in [1.54, 1.807) is 18.2 Å². The van der Waals surface area contributed by atoms with Gasteiger partial charge in [0, 0.05) is 21.5 Å². The van der Waals surface area contributed by atoms with Gasteiger partial charge in [-0.1, -0.05) is 23.2 Å². The maximum atomic E-state index is 12.7. The Morgan fingerprint density at radius 2 is 1.89 bits per heavy atom. The number of thioether (sulfide) groups is 1. The van der Waals surface area contributed by atoms with Crippen molar-refractivity contribution in [2.75, 3.05) is 11.6 Å². The molecule has 0 aliphatic rings. The topological polar surface area (TPSA) is 42.0 Å². The number of carbonyl (C=O) groups is 1. The van der Waals surface area contributed by atoms with Crippen molar-refractivity contribution >= 4 is 57.9 Å². The highest BCUT2D eigenvalue weighted by Crippen LogP contribution is 2.37. The minimum Gasteiger partial charge on any atom is -0.322 e. The minimum atomic E-state index is -4.51. The number of benzene rings is 2. The van der Waals surface area contributed by atoms with E-state index in [9.17, 15) is 18.0 Å². The Hall–Kier alpha value is -1.74. The summed E-state index contributed by atoms with van der Waals surface area (Å²) in [5.41, 5.74) is 1.15. The molecular weight excluding hydrogens is 452 g/mol. The molecule has 28 heavy (non-hydrogen) atoms. The maximum Gasteiger partial charge on any atom is 0.443 e. The fourth-order valence-corrected chi connectivity index (χ4v) is 4.07. The van der Waals surface area contributed by atoms with Gasteiger partial charge in [0.25, 0.3) is 5.91 Å². The number of carbonyl (C=O) groups excluding carboxylic acids is 1. The van der Waals surface area contributed by atoms with Gasteiger partial charge in [-0.15, -0.1) is 23.1 Å². The average Bonchev–Trinajstić information content (AvgIpc) is 3.11. The molecule has 3 nitrogen and oxygen atoms in total. The Morgan fingerprint density at radius 1 is 1.14 bits per heavy atom. The van der Waals surface area contributed by atoms with Gasteiger partial charge in [-0.25, -0.2) is 4.98 Å². The van der Waals surface area contributed by atoms with Gasteiger partial charge in [-0.3, -0.25) is 4.79 Å². The van der Waals surface area contributed by atoms with Crippen molar-refractivity contribution in [1.29, 1.82) is 0 Å². The van der Waals surface area contributed by atoms with Crippen LogP contribution in [0.4, 0.5) is 18.9 Å². The van der Waals surface area contributed by atoms with E-state index in [1.165, 1.54) is 35.3 Å². The standard InChI is InChI=1S/C18H11Cl2F3N2OS2/c1-27-10-3-5-12(14(20)7-10)16(26)24-9-2-4-11(13(19)6-9)15-8-28-17(25-15)18(21,22)23/h2-8H,1H3,(H,24,26). The molecule has 0 saturated carbocycles. The molecule has 0 radical (unpaired) electrons. The van der Waals surface area contributed by atoms with E-state index >= 15 is 0 Å². The van der Waals surface area contributed by atoms with Gasteiger partial charge in [-0.05, 0) is 42.7 Å². The summed E-state index contributed by atoms with van der Waals surface area (Å²) in [5.74, 6) is -0.422. The van der Waals surface area contributed by atoms with E-state index in [4.69, 9.17) is 23.2 Å². The Kier molecular flexibility index (Phi) is 6.24. The number of nitrogens with one attached hydrogen (secondary N) is 1. The molecule has 3 aromatic rings. The third-order valence-electron chi connectivity index (χ3n) is 3.67. The van der Waals surface area contributed by atoms with Gasteiger partial charge in [0.1, 0.15) is 0 Å². The van der Waals surface area contributed by atoms with E-state index in [0.717, 1.165) is 4.90 Å². The molecular formula is C18H11Cl2F3N2OS2. The van der Waals surface area contributed by atoms with Crippen LogP contribution in [0.5, 0.6) is 0 Å². The fraction of sp³-hybridized carbons (Fsp3) is 0.111. The number of nitrogens with zero attached hydrogens (tertiary/aromatic N) is 1. The molecule has 0 fully saturated rings. The van der Waals surface area contributed by atoms with Crippen LogP contribution < -0.4 is 5.32 Å². The van der Waals surface area contributed by atoms with Crippen molar-refractivity contribution in [2.45, 2.75) is 11.1 Å². The monoisotopic (exact) mass is 462 g/mol. The second-order valence-corrected chi connectivity index (χ2v) is 8.08. The van der Waals surface area contributed by atoms with Gasteiger partial charge >= 0.3 is 6.18 Å². The summed E-state index contributed by atoms with van der Waals surface area (Å²) in [6.07, 6.45) is -2.61. The zero-order valence-electron chi connectivity index (χ0n) is 14.1. The lowest BCUT2D eigenvalue weighted by Gasteiger charge is -2.09. The molecule has 10 heteroatoms. The summed E-state index contributed by atoms with van der Waals surface area (Å²) in [4.78, 5) is 16.9. The number of aromatic nitrogens is 1. The molecule has 0 bridgehead atoms. The fourth-order valence-electron chi connectivity index (χ4n) is 2.33. The van der Waals surface area contributed by atoms with Gasteiger partial charge in [-0.2, -0.15) is 13.2 Å². The molecule has 1 heterocycles. The van der Waals surface area contributed by atoms with E-state index in [0.29, 0.717) is 33.2 Å². The van der Waals surface area contributed by atoms with Crippen molar-refractivity contribution in [2.24, 2.45) is 0 Å². The van der Waals surface area contributed by atoms with Crippen LogP contribution >= 0.6 is 46.3 Å². The van der Waals surface area contributed by atoms with Crippen molar-refractivity contribution < 1.29 is 18.0 Å². The Morgan fingerprint density at radius 3 is 2.46 bits per heavy atom. The van der Waals surface area contributed by atoms with Gasteiger partial charge < -0.3 is 5.32 Å². The zero-order valence-corrected chi connectivity index (χ0v) is 17.2. The first kappa shape index (κ1) is 21.0. The molecule has 0 aliphatic carbocycles. The first-order valence-electron chi connectivity index (χ1n) is 7.66. The van der Waals surface area contributed by atoms with Crippen molar-refractivity contribution in [3.63, 3.8) is 0 Å². The van der Waals surface area contributed by atoms with Crippen LogP contribution in [0.25, 0.3) is 11.3 Å². The predicted octanol–water partition coefficient (Wildman–Crippen LogP) is 7.11. The van der Waals surface area contributed by atoms with Crippen molar-refractivity contribution in [3.05, 3.63) is 62.4 Å². The Labute approximate surface area is 176 Å². The number of hydrogen-bond donors (Lipinski definition) is 1. The highest BCUT2D eigenvalue weighted by atomic mass is 35.5.